The van der Waals surface area contributed by atoms with E-state index in [0.717, 1.165) is 33.8 Å². The van der Waals surface area contributed by atoms with Gasteiger partial charge in [-0.15, -0.1) is 0 Å². The maximum atomic E-state index is 14.2. The van der Waals surface area contributed by atoms with Crippen molar-refractivity contribution < 1.29 is 9.59 Å². The van der Waals surface area contributed by atoms with Gasteiger partial charge in [-0.25, -0.2) is 0 Å². The zero-order valence-electron chi connectivity index (χ0n) is 21.0. The highest BCUT2D eigenvalue weighted by atomic mass is 35.5. The van der Waals surface area contributed by atoms with Gasteiger partial charge in [0.05, 0.1) is 23.3 Å². The lowest BCUT2D eigenvalue weighted by Crippen LogP contribution is -2.42. The minimum Gasteiger partial charge on any atom is -0.357 e. The fourth-order valence-electron chi connectivity index (χ4n) is 5.62. The molecule has 0 bridgehead atoms. The van der Waals surface area contributed by atoms with E-state index in [1.54, 1.807) is 0 Å². The van der Waals surface area contributed by atoms with E-state index in [4.69, 9.17) is 11.6 Å². The second-order valence-corrected chi connectivity index (χ2v) is 10.4. The molecule has 1 heterocycles. The van der Waals surface area contributed by atoms with Crippen molar-refractivity contribution in [1.82, 2.24) is 0 Å². The lowest BCUT2D eigenvalue weighted by molar-refractivity contribution is -0.123. The summed E-state index contributed by atoms with van der Waals surface area (Å²) in [7, 11) is 0. The van der Waals surface area contributed by atoms with Gasteiger partial charge in [0.25, 0.3) is 5.91 Å². The number of fused-ring (bicyclic) bond motifs is 2. The number of carbonyl (C=O) groups is 2. The van der Waals surface area contributed by atoms with Gasteiger partial charge in [-0.2, -0.15) is 0 Å². The molecule has 0 unspecified atom stereocenters. The Labute approximate surface area is 227 Å². The Hall–Kier alpha value is -4.15. The maximum Gasteiger partial charge on any atom is 0.258 e. The number of para-hydroxylation sites is 2. The summed E-state index contributed by atoms with van der Waals surface area (Å²) in [6, 6.07) is 32.4. The van der Waals surface area contributed by atoms with Gasteiger partial charge >= 0.3 is 0 Å². The Morgan fingerprint density at radius 3 is 2.37 bits per heavy atom. The number of carbonyl (C=O) groups excluding carboxylic acids is 2. The molecule has 4 nitrogen and oxygen atoms in total. The zero-order chi connectivity index (χ0) is 26.2. The summed E-state index contributed by atoms with van der Waals surface area (Å²) in [5.41, 5.74) is 5.97. The number of benzene rings is 4. The van der Waals surface area contributed by atoms with E-state index >= 15 is 0 Å². The van der Waals surface area contributed by atoms with Crippen LogP contribution in [0.15, 0.2) is 115 Å². The monoisotopic (exact) mass is 518 g/mol. The van der Waals surface area contributed by atoms with Crippen LogP contribution in [0.5, 0.6) is 0 Å². The second kappa shape index (κ2) is 9.96. The number of amides is 1. The number of aryl methyl sites for hydroxylation is 1. The highest BCUT2D eigenvalue weighted by molar-refractivity contribution is 6.30. The number of hydrogen-bond acceptors (Lipinski definition) is 3. The van der Waals surface area contributed by atoms with E-state index < -0.39 is 12.0 Å². The van der Waals surface area contributed by atoms with Crippen LogP contribution < -0.4 is 10.2 Å². The lowest BCUT2D eigenvalue weighted by atomic mass is 9.76. The van der Waals surface area contributed by atoms with Crippen molar-refractivity contribution in [2.24, 2.45) is 5.92 Å². The van der Waals surface area contributed by atoms with Crippen molar-refractivity contribution in [3.63, 3.8) is 0 Å². The molecule has 6 rings (SSSR count). The van der Waals surface area contributed by atoms with E-state index in [2.05, 4.69) is 11.4 Å². The number of rotatable bonds is 3. The van der Waals surface area contributed by atoms with Crippen molar-refractivity contribution >= 4 is 34.7 Å². The second-order valence-electron chi connectivity index (χ2n) is 9.97. The van der Waals surface area contributed by atoms with Gasteiger partial charge in [0.2, 0.25) is 0 Å². The van der Waals surface area contributed by atoms with Crippen molar-refractivity contribution in [3.8, 4) is 0 Å². The fourth-order valence-corrected chi connectivity index (χ4v) is 5.82. The third kappa shape index (κ3) is 4.42. The minimum atomic E-state index is -0.548. The fraction of sp³-hybridized carbons (Fsp3) is 0.152. The Balaban J connectivity index is 1.56. The van der Waals surface area contributed by atoms with Crippen LogP contribution in [-0.2, 0) is 4.79 Å². The van der Waals surface area contributed by atoms with Gasteiger partial charge in [-0.3, -0.25) is 14.5 Å². The average Bonchev–Trinajstić information content (AvgIpc) is 3.08. The molecule has 188 valence electrons. The molecule has 1 aliphatic heterocycles. The minimum absolute atomic E-state index is 0.0872. The molecule has 38 heavy (non-hydrogen) atoms. The van der Waals surface area contributed by atoms with Crippen LogP contribution >= 0.6 is 11.6 Å². The number of anilines is 2. The van der Waals surface area contributed by atoms with Gasteiger partial charge in [0.1, 0.15) is 5.78 Å². The van der Waals surface area contributed by atoms with Crippen LogP contribution in [0.25, 0.3) is 0 Å². The molecule has 0 saturated heterocycles. The molecular formula is C33H27ClN2O2. The van der Waals surface area contributed by atoms with E-state index in [9.17, 15) is 9.59 Å². The van der Waals surface area contributed by atoms with Gasteiger partial charge < -0.3 is 5.32 Å². The summed E-state index contributed by atoms with van der Waals surface area (Å²) >= 11 is 6.29. The lowest BCUT2D eigenvalue weighted by Gasteiger charge is -2.37. The molecule has 3 atom stereocenters. The van der Waals surface area contributed by atoms with Crippen LogP contribution in [-0.4, -0.2) is 11.7 Å². The van der Waals surface area contributed by atoms with Crippen LogP contribution in [0, 0.1) is 12.8 Å². The van der Waals surface area contributed by atoms with E-state index in [1.165, 1.54) is 0 Å². The Bertz CT molecular complexity index is 1550. The van der Waals surface area contributed by atoms with Gasteiger partial charge in [-0.05, 0) is 54.4 Å². The first kappa shape index (κ1) is 24.2. The highest BCUT2D eigenvalue weighted by Gasteiger charge is 2.45. The molecular weight excluding hydrogens is 492 g/mol. The Kier molecular flexibility index (Phi) is 6.34. The summed E-state index contributed by atoms with van der Waals surface area (Å²) in [5, 5.41) is 4.21. The SMILES string of the molecule is Cc1ccc([C@H]2[C@H]3C(=O)C[C@@H](c4cccc(Cl)c4)C=C3Nc3ccccc3N2C(=O)c2ccccc2)cc1. The molecule has 1 amide bonds. The first-order valence-corrected chi connectivity index (χ1v) is 13.2. The number of halogens is 1. The van der Waals surface area contributed by atoms with E-state index in [1.807, 2.05) is 115 Å². The molecule has 5 heteroatoms. The largest absolute Gasteiger partial charge is 0.357 e. The number of ketones is 1. The quantitative estimate of drug-likeness (QED) is 0.302. The molecule has 1 N–H and O–H groups in total. The summed E-state index contributed by atoms with van der Waals surface area (Å²) < 4.78 is 0. The van der Waals surface area contributed by atoms with E-state index in [-0.39, 0.29) is 17.6 Å². The normalized spacial score (nSPS) is 20.5. The van der Waals surface area contributed by atoms with Gasteiger partial charge in [-0.1, -0.05) is 90.0 Å². The number of hydrogen-bond donors (Lipinski definition) is 1. The molecule has 0 saturated carbocycles. The van der Waals surface area contributed by atoms with Gasteiger partial charge in [0.15, 0.2) is 0 Å². The number of nitrogens with zero attached hydrogens (tertiary/aromatic N) is 1. The Morgan fingerprint density at radius 1 is 0.868 bits per heavy atom. The van der Waals surface area contributed by atoms with Crippen LogP contribution in [0.3, 0.4) is 0 Å². The first-order chi connectivity index (χ1) is 18.5. The number of allylic oxidation sites excluding steroid dienone is 1. The number of nitrogens with one attached hydrogen (secondary N) is 1. The average molecular weight is 519 g/mol. The van der Waals surface area contributed by atoms with Crippen LogP contribution in [0.4, 0.5) is 11.4 Å². The molecule has 0 spiro atoms. The summed E-state index contributed by atoms with van der Waals surface area (Å²) in [5.74, 6) is -0.712. The standard InChI is InChI=1S/C33H27ClN2O2/c1-21-14-16-22(17-15-21)32-31-28(19-25(20-30(31)37)24-10-7-11-26(34)18-24)35-27-12-5-6-13-29(27)36(32)33(38)23-8-3-2-4-9-23/h2-19,25,31-32,35H,20H2,1H3/t25-,31+,32-/m0/s1. The zero-order valence-corrected chi connectivity index (χ0v) is 21.7. The molecule has 0 radical (unpaired) electrons. The number of Topliss-reactive ketones (excluding diaryl/α,β-unsaturated/α-hetero) is 1. The molecule has 0 aromatic heterocycles. The highest BCUT2D eigenvalue weighted by Crippen LogP contribution is 2.48. The van der Waals surface area contributed by atoms with Crippen molar-refractivity contribution in [2.45, 2.75) is 25.3 Å². The first-order valence-electron chi connectivity index (χ1n) is 12.8. The predicted molar refractivity (Wildman–Crippen MR) is 153 cm³/mol. The summed E-state index contributed by atoms with van der Waals surface area (Å²) in [6.07, 6.45) is 2.48. The molecule has 4 aromatic rings. The molecule has 1 aliphatic carbocycles. The predicted octanol–water partition coefficient (Wildman–Crippen LogP) is 7.72. The molecule has 0 fully saturated rings. The van der Waals surface area contributed by atoms with Crippen LogP contribution in [0.2, 0.25) is 5.02 Å². The molecule has 4 aromatic carbocycles. The van der Waals surface area contributed by atoms with E-state index in [0.29, 0.717) is 17.0 Å². The van der Waals surface area contributed by atoms with Crippen LogP contribution in [0.1, 0.15) is 45.4 Å². The maximum absolute atomic E-state index is 14.2. The molecule has 2 aliphatic rings. The van der Waals surface area contributed by atoms with Crippen molar-refractivity contribution in [1.29, 1.82) is 0 Å². The Morgan fingerprint density at radius 2 is 1.61 bits per heavy atom. The topological polar surface area (TPSA) is 49.4 Å². The summed E-state index contributed by atoms with van der Waals surface area (Å²) in [4.78, 5) is 30.1. The van der Waals surface area contributed by atoms with Gasteiger partial charge in [0, 0.05) is 28.6 Å². The smallest absolute Gasteiger partial charge is 0.258 e. The van der Waals surface area contributed by atoms with Crippen molar-refractivity contribution in [2.75, 3.05) is 10.2 Å². The van der Waals surface area contributed by atoms with Crippen molar-refractivity contribution in [3.05, 3.63) is 142 Å². The third-order valence-corrected chi connectivity index (χ3v) is 7.69. The third-order valence-electron chi connectivity index (χ3n) is 7.46. The summed E-state index contributed by atoms with van der Waals surface area (Å²) in [6.45, 7) is 2.04.